The lowest BCUT2D eigenvalue weighted by Crippen LogP contribution is -2.71. The summed E-state index contributed by atoms with van der Waals surface area (Å²) in [4.78, 5) is 16.3. The Hall–Kier alpha value is -1.23. The molecule has 1 aromatic heterocycles. The van der Waals surface area contributed by atoms with E-state index in [1.165, 1.54) is 11.0 Å². The Balaban J connectivity index is 1.48. The zero-order valence-corrected chi connectivity index (χ0v) is 14.0. The van der Waals surface area contributed by atoms with Gasteiger partial charge in [-0.25, -0.2) is 4.68 Å². The molecule has 128 valence electrons. The molecule has 1 N–H and O–H groups in total. The number of rotatable bonds is 6. The zero-order valence-electron chi connectivity index (χ0n) is 13.2. The molecule has 1 atom stereocenters. The largest absolute Gasteiger partial charge is 0.391 e. The number of carbonyl (C=O) groups is 1. The Morgan fingerprint density at radius 2 is 2.30 bits per heavy atom. The molecule has 3 heterocycles. The lowest BCUT2D eigenvalue weighted by Gasteiger charge is -2.54. The van der Waals surface area contributed by atoms with E-state index in [1.54, 1.807) is 11.8 Å². The van der Waals surface area contributed by atoms with Gasteiger partial charge in [-0.05, 0) is 16.7 Å². The van der Waals surface area contributed by atoms with Gasteiger partial charge in [0.1, 0.15) is 18.5 Å². The number of thioether (sulfide) groups is 1. The zero-order chi connectivity index (χ0) is 16.3. The highest BCUT2D eigenvalue weighted by molar-refractivity contribution is 7.98. The van der Waals surface area contributed by atoms with Crippen LogP contribution in [0.3, 0.4) is 0 Å². The number of hydrogen-bond acceptors (Lipinski definition) is 8. The van der Waals surface area contributed by atoms with Crippen LogP contribution in [0, 0.1) is 0 Å². The molecule has 2 fully saturated rings. The van der Waals surface area contributed by atoms with Crippen molar-refractivity contribution in [3.63, 3.8) is 0 Å². The van der Waals surface area contributed by atoms with Crippen molar-refractivity contribution in [3.8, 4) is 0 Å². The fourth-order valence-corrected chi connectivity index (χ4v) is 3.67. The van der Waals surface area contributed by atoms with Crippen molar-refractivity contribution in [2.45, 2.75) is 18.2 Å². The summed E-state index contributed by atoms with van der Waals surface area (Å²) in [6, 6.07) is 0. The van der Waals surface area contributed by atoms with Crippen molar-refractivity contribution in [2.24, 2.45) is 0 Å². The maximum Gasteiger partial charge on any atom is 0.244 e. The summed E-state index contributed by atoms with van der Waals surface area (Å²) >= 11 is 1.64. The molecule has 1 unspecified atom stereocenters. The Morgan fingerprint density at radius 3 is 3.00 bits per heavy atom. The molecule has 1 amide bonds. The molecule has 0 bridgehead atoms. The van der Waals surface area contributed by atoms with E-state index in [0.29, 0.717) is 26.2 Å². The van der Waals surface area contributed by atoms with Crippen LogP contribution in [0.15, 0.2) is 6.33 Å². The van der Waals surface area contributed by atoms with Crippen LogP contribution in [0.25, 0.3) is 0 Å². The fraction of sp³-hybridized carbons (Fsp3) is 0.846. The number of aromatic nitrogens is 4. The quantitative estimate of drug-likeness (QED) is 0.654. The molecule has 2 aliphatic rings. The van der Waals surface area contributed by atoms with Gasteiger partial charge in [0.25, 0.3) is 0 Å². The number of tetrazole rings is 1. The van der Waals surface area contributed by atoms with E-state index in [4.69, 9.17) is 4.74 Å². The highest BCUT2D eigenvalue weighted by Gasteiger charge is 2.48. The van der Waals surface area contributed by atoms with E-state index >= 15 is 0 Å². The number of morpholine rings is 1. The van der Waals surface area contributed by atoms with Gasteiger partial charge in [0.2, 0.25) is 5.91 Å². The van der Waals surface area contributed by atoms with Gasteiger partial charge in [-0.15, -0.1) is 5.10 Å². The van der Waals surface area contributed by atoms with Crippen LogP contribution in [-0.2, 0) is 16.1 Å². The third-order valence-corrected chi connectivity index (χ3v) is 4.86. The number of nitrogens with zero attached hydrogens (tertiary/aromatic N) is 6. The lowest BCUT2D eigenvalue weighted by molar-refractivity contribution is -0.192. The molecule has 0 saturated carbocycles. The second-order valence-corrected chi connectivity index (χ2v) is 7.04. The van der Waals surface area contributed by atoms with Gasteiger partial charge in [-0.3, -0.25) is 9.69 Å². The normalized spacial score (nSPS) is 22.1. The Labute approximate surface area is 138 Å². The number of hydrogen-bond donors (Lipinski definition) is 1. The van der Waals surface area contributed by atoms with E-state index in [1.807, 2.05) is 11.2 Å². The van der Waals surface area contributed by atoms with E-state index in [0.717, 1.165) is 18.8 Å². The summed E-state index contributed by atoms with van der Waals surface area (Å²) in [6.07, 6.45) is 3.11. The minimum atomic E-state index is -0.316. The summed E-state index contributed by atoms with van der Waals surface area (Å²) in [6.45, 7) is 4.05. The molecule has 23 heavy (non-hydrogen) atoms. The molecule has 0 radical (unpaired) electrons. The lowest BCUT2D eigenvalue weighted by atomic mass is 9.91. The average molecular weight is 342 g/mol. The van der Waals surface area contributed by atoms with Crippen molar-refractivity contribution >= 4 is 17.7 Å². The molecule has 10 heteroatoms. The SMILES string of the molecule is CSCC(O)CN1CC2(C1)CN(C(=O)Cn1cnnn1)CCO2. The molecule has 3 rings (SSSR count). The molecule has 0 aliphatic carbocycles. The van der Waals surface area contributed by atoms with Crippen LogP contribution in [0.4, 0.5) is 0 Å². The molecule has 9 nitrogen and oxygen atoms in total. The molecule has 0 aromatic carbocycles. The molecule has 1 aromatic rings. The van der Waals surface area contributed by atoms with Crippen molar-refractivity contribution < 1.29 is 14.6 Å². The molecule has 2 aliphatic heterocycles. The van der Waals surface area contributed by atoms with Crippen LogP contribution in [0.5, 0.6) is 0 Å². The van der Waals surface area contributed by atoms with E-state index < -0.39 is 0 Å². The summed E-state index contributed by atoms with van der Waals surface area (Å²) in [7, 11) is 0. The number of amides is 1. The first kappa shape index (κ1) is 16.6. The number of likely N-dealkylation sites (tertiary alicyclic amines) is 1. The molecule has 1 spiro atoms. The molecular weight excluding hydrogens is 320 g/mol. The standard InChI is InChI=1S/C13H22N6O3S/c1-23-6-11(20)4-17-7-13(8-17)9-18(2-3-22-13)12(21)5-19-10-14-15-16-19/h10-11,20H,2-9H2,1H3. The topological polar surface area (TPSA) is 96.6 Å². The van der Waals surface area contributed by atoms with E-state index in [2.05, 4.69) is 20.4 Å². The monoisotopic (exact) mass is 342 g/mol. The second kappa shape index (κ2) is 7.12. The van der Waals surface area contributed by atoms with Gasteiger partial charge < -0.3 is 14.7 Å². The van der Waals surface area contributed by atoms with E-state index in [9.17, 15) is 9.90 Å². The van der Waals surface area contributed by atoms with Crippen LogP contribution >= 0.6 is 11.8 Å². The highest BCUT2D eigenvalue weighted by Crippen LogP contribution is 2.29. The highest BCUT2D eigenvalue weighted by atomic mass is 32.2. The third kappa shape index (κ3) is 4.00. The first-order valence-electron chi connectivity index (χ1n) is 7.62. The number of aliphatic hydroxyl groups excluding tert-OH is 1. The Kier molecular flexibility index (Phi) is 5.14. The number of ether oxygens (including phenoxy) is 1. The predicted octanol–water partition coefficient (Wildman–Crippen LogP) is -1.69. The third-order valence-electron chi connectivity index (χ3n) is 4.14. The average Bonchev–Trinajstić information content (AvgIpc) is 2.99. The fourth-order valence-electron chi connectivity index (χ4n) is 3.18. The van der Waals surface area contributed by atoms with Gasteiger partial charge in [-0.2, -0.15) is 11.8 Å². The van der Waals surface area contributed by atoms with Gasteiger partial charge in [-0.1, -0.05) is 0 Å². The minimum absolute atomic E-state index is 0.000780. The predicted molar refractivity (Wildman–Crippen MR) is 83.9 cm³/mol. The van der Waals surface area contributed by atoms with Crippen LogP contribution < -0.4 is 0 Å². The van der Waals surface area contributed by atoms with Crippen molar-refractivity contribution in [2.75, 3.05) is 51.3 Å². The number of β-amino-alcohol motifs (C(OH)–C–C–N with tert-alkyl or cyclic N) is 1. The number of aliphatic hydroxyl groups is 1. The minimum Gasteiger partial charge on any atom is -0.391 e. The van der Waals surface area contributed by atoms with Gasteiger partial charge >= 0.3 is 0 Å². The summed E-state index contributed by atoms with van der Waals surface area (Å²) in [5, 5.41) is 20.7. The second-order valence-electron chi connectivity index (χ2n) is 6.13. The van der Waals surface area contributed by atoms with Crippen LogP contribution in [0.2, 0.25) is 0 Å². The number of carbonyl (C=O) groups excluding carboxylic acids is 1. The van der Waals surface area contributed by atoms with E-state index in [-0.39, 0.29) is 24.2 Å². The van der Waals surface area contributed by atoms with Crippen molar-refractivity contribution in [1.29, 1.82) is 0 Å². The van der Waals surface area contributed by atoms with Crippen molar-refractivity contribution in [1.82, 2.24) is 30.0 Å². The first-order chi connectivity index (χ1) is 11.1. The Morgan fingerprint density at radius 1 is 1.48 bits per heavy atom. The summed E-state index contributed by atoms with van der Waals surface area (Å²) in [5.74, 6) is 0.738. The smallest absolute Gasteiger partial charge is 0.244 e. The van der Waals surface area contributed by atoms with Gasteiger partial charge in [0, 0.05) is 31.9 Å². The molecular formula is C13H22N6O3S. The first-order valence-corrected chi connectivity index (χ1v) is 9.01. The summed E-state index contributed by atoms with van der Waals surface area (Å²) < 4.78 is 7.35. The maximum absolute atomic E-state index is 12.3. The van der Waals surface area contributed by atoms with Crippen LogP contribution in [0.1, 0.15) is 0 Å². The van der Waals surface area contributed by atoms with Crippen LogP contribution in [-0.4, -0.2) is 104 Å². The summed E-state index contributed by atoms with van der Waals surface area (Å²) in [5.41, 5.74) is -0.284. The Bertz CT molecular complexity index is 522. The van der Waals surface area contributed by atoms with Crippen molar-refractivity contribution in [3.05, 3.63) is 6.33 Å². The molecule has 2 saturated heterocycles. The van der Waals surface area contributed by atoms with Gasteiger partial charge in [0.15, 0.2) is 0 Å². The van der Waals surface area contributed by atoms with Gasteiger partial charge in [0.05, 0.1) is 19.3 Å². The maximum atomic E-state index is 12.3.